The van der Waals surface area contributed by atoms with Crippen molar-refractivity contribution < 1.29 is 9.53 Å². The van der Waals surface area contributed by atoms with Gasteiger partial charge in [0, 0.05) is 35.7 Å². The molecule has 0 bridgehead atoms. The van der Waals surface area contributed by atoms with E-state index in [1.54, 1.807) is 11.5 Å². The van der Waals surface area contributed by atoms with Gasteiger partial charge in [0.25, 0.3) is 5.56 Å². The number of amides is 1. The van der Waals surface area contributed by atoms with Crippen LogP contribution < -0.4 is 5.56 Å². The molecule has 0 saturated carbocycles. The van der Waals surface area contributed by atoms with Crippen LogP contribution >= 0.6 is 34.7 Å². The Morgan fingerprint density at radius 3 is 2.97 bits per heavy atom. The average Bonchev–Trinajstić information content (AvgIpc) is 3.42. The molecule has 1 amide bonds. The molecule has 1 unspecified atom stereocenters. The third kappa shape index (κ3) is 4.21. The molecule has 32 heavy (non-hydrogen) atoms. The molecule has 0 spiro atoms. The second-order valence-electron chi connectivity index (χ2n) is 8.20. The summed E-state index contributed by atoms with van der Waals surface area (Å²) in [5, 5.41) is 2.12. The summed E-state index contributed by atoms with van der Waals surface area (Å²) in [5.41, 5.74) is 2.07. The Labute approximate surface area is 199 Å². The molecular formula is C23H24ClN3O3S2. The Balaban J connectivity index is 1.55. The molecule has 2 aliphatic heterocycles. The number of rotatable bonds is 5. The van der Waals surface area contributed by atoms with Crippen LogP contribution in [-0.4, -0.2) is 39.6 Å². The highest BCUT2D eigenvalue weighted by Crippen LogP contribution is 2.35. The maximum atomic E-state index is 13.7. The quantitative estimate of drug-likeness (QED) is 0.390. The highest BCUT2D eigenvalue weighted by molar-refractivity contribution is 7.98. The summed E-state index contributed by atoms with van der Waals surface area (Å²) in [6, 6.07) is 7.75. The van der Waals surface area contributed by atoms with Gasteiger partial charge in [-0.3, -0.25) is 14.2 Å². The van der Waals surface area contributed by atoms with Crippen LogP contribution in [0.5, 0.6) is 0 Å². The molecule has 5 rings (SSSR count). The lowest BCUT2D eigenvalue weighted by molar-refractivity contribution is -0.129. The van der Waals surface area contributed by atoms with E-state index in [2.05, 4.69) is 0 Å². The number of hydrogen-bond acceptors (Lipinski definition) is 6. The van der Waals surface area contributed by atoms with E-state index in [0.717, 1.165) is 40.3 Å². The van der Waals surface area contributed by atoms with Crippen LogP contribution in [0.2, 0.25) is 5.02 Å². The van der Waals surface area contributed by atoms with E-state index < -0.39 is 0 Å². The SMILES string of the molecule is CC(=O)N1CCc2c(sc3nc(SCc4ccccc4Cl)n(CC4CCCO4)c(=O)c23)C1. The highest BCUT2D eigenvalue weighted by Gasteiger charge is 2.27. The van der Waals surface area contributed by atoms with Crippen LogP contribution in [0.25, 0.3) is 10.2 Å². The topological polar surface area (TPSA) is 64.4 Å². The molecule has 1 fully saturated rings. The number of carbonyl (C=O) groups is 1. The van der Waals surface area contributed by atoms with Gasteiger partial charge in [-0.1, -0.05) is 41.6 Å². The van der Waals surface area contributed by atoms with Gasteiger partial charge >= 0.3 is 0 Å². The molecule has 6 nitrogen and oxygen atoms in total. The van der Waals surface area contributed by atoms with Crippen molar-refractivity contribution in [2.45, 2.75) is 56.3 Å². The lowest BCUT2D eigenvalue weighted by Crippen LogP contribution is -2.34. The number of benzene rings is 1. The van der Waals surface area contributed by atoms with Gasteiger partial charge in [-0.05, 0) is 36.5 Å². The molecule has 1 aromatic carbocycles. The van der Waals surface area contributed by atoms with Crippen LogP contribution in [0.3, 0.4) is 0 Å². The van der Waals surface area contributed by atoms with Crippen LogP contribution in [0.15, 0.2) is 34.2 Å². The summed E-state index contributed by atoms with van der Waals surface area (Å²) in [7, 11) is 0. The first-order valence-electron chi connectivity index (χ1n) is 10.8. The largest absolute Gasteiger partial charge is 0.376 e. The normalized spacial score (nSPS) is 18.3. The Morgan fingerprint density at radius 2 is 2.22 bits per heavy atom. The lowest BCUT2D eigenvalue weighted by atomic mass is 10.1. The summed E-state index contributed by atoms with van der Waals surface area (Å²) < 4.78 is 7.63. The third-order valence-corrected chi connectivity index (χ3v) is 8.60. The fourth-order valence-corrected chi connectivity index (χ4v) is 6.92. The first kappa shape index (κ1) is 21.9. The molecule has 0 aliphatic carbocycles. The van der Waals surface area contributed by atoms with Crippen molar-refractivity contribution >= 4 is 50.8 Å². The Hall–Kier alpha value is -1.87. The standard InChI is InChI=1S/C23H24ClN3O3S2/c1-14(28)26-9-8-17-19(12-26)32-21-20(17)22(29)27(11-16-6-4-10-30-16)23(25-21)31-13-15-5-2-3-7-18(15)24/h2-3,5,7,16H,4,6,8-13H2,1H3. The molecule has 0 N–H and O–H groups in total. The minimum atomic E-state index is 0.000864. The number of halogens is 1. The number of nitrogens with zero attached hydrogens (tertiary/aromatic N) is 3. The van der Waals surface area contributed by atoms with Crippen LogP contribution in [0, 0.1) is 0 Å². The van der Waals surface area contributed by atoms with Crippen molar-refractivity contribution in [1.82, 2.24) is 14.5 Å². The molecule has 4 heterocycles. The predicted octanol–water partition coefficient (Wildman–Crippen LogP) is 4.49. The van der Waals surface area contributed by atoms with E-state index in [0.29, 0.717) is 47.4 Å². The second kappa shape index (κ2) is 9.17. The van der Waals surface area contributed by atoms with Gasteiger partial charge in [0.2, 0.25) is 5.91 Å². The number of fused-ring (bicyclic) bond motifs is 3. The van der Waals surface area contributed by atoms with E-state index >= 15 is 0 Å². The molecule has 3 aromatic rings. The monoisotopic (exact) mass is 489 g/mol. The van der Waals surface area contributed by atoms with Gasteiger partial charge in [0.05, 0.1) is 24.6 Å². The summed E-state index contributed by atoms with van der Waals surface area (Å²) in [6.07, 6.45) is 2.70. The number of thiophene rings is 1. The van der Waals surface area contributed by atoms with Gasteiger partial charge in [-0.25, -0.2) is 4.98 Å². The second-order valence-corrected chi connectivity index (χ2v) is 10.6. The fourth-order valence-electron chi connectivity index (χ4n) is 4.35. The zero-order valence-corrected chi connectivity index (χ0v) is 20.2. The van der Waals surface area contributed by atoms with Gasteiger partial charge in [-0.2, -0.15) is 0 Å². The maximum Gasteiger partial charge on any atom is 0.263 e. The summed E-state index contributed by atoms with van der Waals surface area (Å²) in [4.78, 5) is 34.2. The van der Waals surface area contributed by atoms with Crippen LogP contribution in [-0.2, 0) is 34.8 Å². The third-order valence-electron chi connectivity index (χ3n) is 6.10. The number of ether oxygens (including phenoxy) is 1. The number of carbonyl (C=O) groups excluding carboxylic acids is 1. The molecule has 1 atom stereocenters. The zero-order valence-electron chi connectivity index (χ0n) is 17.8. The Morgan fingerprint density at radius 1 is 1.38 bits per heavy atom. The van der Waals surface area contributed by atoms with Crippen molar-refractivity contribution in [3.05, 3.63) is 55.6 Å². The van der Waals surface area contributed by atoms with E-state index in [1.165, 1.54) is 23.1 Å². The predicted molar refractivity (Wildman–Crippen MR) is 129 cm³/mol. The lowest BCUT2D eigenvalue weighted by Gasteiger charge is -2.25. The zero-order chi connectivity index (χ0) is 22.2. The molecule has 168 valence electrons. The first-order valence-corrected chi connectivity index (χ1v) is 13.0. The fraction of sp³-hybridized carbons (Fsp3) is 0.435. The van der Waals surface area contributed by atoms with Crippen molar-refractivity contribution in [3.8, 4) is 0 Å². The maximum absolute atomic E-state index is 13.7. The van der Waals surface area contributed by atoms with Crippen LogP contribution in [0.1, 0.15) is 35.8 Å². The van der Waals surface area contributed by atoms with Crippen molar-refractivity contribution in [2.24, 2.45) is 0 Å². The van der Waals surface area contributed by atoms with E-state index in [4.69, 9.17) is 21.3 Å². The van der Waals surface area contributed by atoms with Crippen molar-refractivity contribution in [1.29, 1.82) is 0 Å². The highest BCUT2D eigenvalue weighted by atomic mass is 35.5. The average molecular weight is 490 g/mol. The number of thioether (sulfide) groups is 1. The summed E-state index contributed by atoms with van der Waals surface area (Å²) in [6.45, 7) is 4.04. The van der Waals surface area contributed by atoms with Crippen molar-refractivity contribution in [3.63, 3.8) is 0 Å². The first-order chi connectivity index (χ1) is 15.5. The number of aromatic nitrogens is 2. The van der Waals surface area contributed by atoms with Crippen LogP contribution in [0.4, 0.5) is 0 Å². The molecular weight excluding hydrogens is 466 g/mol. The minimum absolute atomic E-state index is 0.000864. The van der Waals surface area contributed by atoms with Gasteiger partial charge in [0.15, 0.2) is 5.16 Å². The summed E-state index contributed by atoms with van der Waals surface area (Å²) >= 11 is 9.42. The van der Waals surface area contributed by atoms with Crippen molar-refractivity contribution in [2.75, 3.05) is 13.2 Å². The van der Waals surface area contributed by atoms with Gasteiger partial charge in [-0.15, -0.1) is 11.3 Å². The minimum Gasteiger partial charge on any atom is -0.376 e. The van der Waals surface area contributed by atoms with Gasteiger partial charge < -0.3 is 9.64 Å². The molecule has 1 saturated heterocycles. The van der Waals surface area contributed by atoms with Gasteiger partial charge in [0.1, 0.15) is 4.83 Å². The summed E-state index contributed by atoms with van der Waals surface area (Å²) in [5.74, 6) is 0.694. The Kier molecular flexibility index (Phi) is 6.29. The van der Waals surface area contributed by atoms with E-state index in [1.807, 2.05) is 29.2 Å². The van der Waals surface area contributed by atoms with E-state index in [9.17, 15) is 9.59 Å². The molecule has 9 heteroatoms. The van der Waals surface area contributed by atoms with E-state index in [-0.39, 0.29) is 17.6 Å². The number of hydrogen-bond donors (Lipinski definition) is 0. The smallest absolute Gasteiger partial charge is 0.263 e. The molecule has 2 aliphatic rings. The Bertz CT molecular complexity index is 1230. The molecule has 2 aromatic heterocycles. The molecule has 0 radical (unpaired) electrons.